The topological polar surface area (TPSA) is 86.6 Å². The lowest BCUT2D eigenvalue weighted by molar-refractivity contribution is 0.0910. The number of sulfone groups is 1. The lowest BCUT2D eigenvalue weighted by Gasteiger charge is -2.22. The number of likely N-dealkylation sites (N-methyl/N-ethyl adjacent to an activating group) is 1. The molecule has 0 bridgehead atoms. The SMILES string of the molecule is CCN[C@H](CO)[C@H](O)c1ccc(S(C)(=O)=O)cc1. The Morgan fingerprint density at radius 2 is 1.83 bits per heavy atom. The van der Waals surface area contributed by atoms with Gasteiger partial charge in [-0.2, -0.15) is 0 Å². The van der Waals surface area contributed by atoms with Gasteiger partial charge < -0.3 is 15.5 Å². The molecule has 0 aliphatic heterocycles. The summed E-state index contributed by atoms with van der Waals surface area (Å²) in [5.74, 6) is 0. The van der Waals surface area contributed by atoms with Gasteiger partial charge in [-0.15, -0.1) is 0 Å². The molecule has 0 radical (unpaired) electrons. The van der Waals surface area contributed by atoms with Crippen molar-refractivity contribution in [1.82, 2.24) is 5.32 Å². The van der Waals surface area contributed by atoms with E-state index in [1.807, 2.05) is 6.92 Å². The van der Waals surface area contributed by atoms with Gasteiger partial charge in [-0.25, -0.2) is 8.42 Å². The Labute approximate surface area is 107 Å². The van der Waals surface area contributed by atoms with Crippen molar-refractivity contribution >= 4 is 9.84 Å². The first-order chi connectivity index (χ1) is 8.40. The van der Waals surface area contributed by atoms with E-state index in [0.29, 0.717) is 12.1 Å². The average molecular weight is 273 g/mol. The van der Waals surface area contributed by atoms with Crippen LogP contribution >= 0.6 is 0 Å². The molecule has 1 rings (SSSR count). The van der Waals surface area contributed by atoms with Crippen molar-refractivity contribution in [1.29, 1.82) is 0 Å². The minimum absolute atomic E-state index is 0.192. The number of hydrogen-bond donors (Lipinski definition) is 3. The molecule has 3 N–H and O–H groups in total. The third-order valence-electron chi connectivity index (χ3n) is 2.69. The Hall–Kier alpha value is -0.950. The van der Waals surface area contributed by atoms with Crippen LogP contribution in [0.3, 0.4) is 0 Å². The Morgan fingerprint density at radius 3 is 2.22 bits per heavy atom. The smallest absolute Gasteiger partial charge is 0.175 e. The maximum absolute atomic E-state index is 11.3. The quantitative estimate of drug-likeness (QED) is 0.684. The molecule has 0 unspecified atom stereocenters. The van der Waals surface area contributed by atoms with Gasteiger partial charge in [0.05, 0.1) is 23.6 Å². The first kappa shape index (κ1) is 15.1. The second-order valence-corrected chi connectivity index (χ2v) is 6.15. The first-order valence-electron chi connectivity index (χ1n) is 5.72. The molecule has 5 nitrogen and oxygen atoms in total. The van der Waals surface area contributed by atoms with Gasteiger partial charge in [0.15, 0.2) is 9.84 Å². The predicted molar refractivity (Wildman–Crippen MR) is 69.1 cm³/mol. The zero-order chi connectivity index (χ0) is 13.8. The molecule has 0 saturated carbocycles. The molecule has 0 spiro atoms. The van der Waals surface area contributed by atoms with E-state index in [-0.39, 0.29) is 11.5 Å². The molecule has 6 heteroatoms. The Bertz CT molecular complexity index is 469. The summed E-state index contributed by atoms with van der Waals surface area (Å²) in [6.45, 7) is 2.31. The molecule has 0 saturated heterocycles. The van der Waals surface area contributed by atoms with Gasteiger partial charge in [-0.3, -0.25) is 0 Å². The highest BCUT2D eigenvalue weighted by molar-refractivity contribution is 7.90. The molecule has 0 aliphatic carbocycles. The van der Waals surface area contributed by atoms with Gasteiger partial charge in [0.25, 0.3) is 0 Å². The van der Waals surface area contributed by atoms with Gasteiger partial charge in [-0.1, -0.05) is 19.1 Å². The maximum atomic E-state index is 11.3. The van der Waals surface area contributed by atoms with Crippen LogP contribution in [-0.2, 0) is 9.84 Å². The van der Waals surface area contributed by atoms with E-state index in [2.05, 4.69) is 5.32 Å². The van der Waals surface area contributed by atoms with Gasteiger partial charge in [0.2, 0.25) is 0 Å². The minimum Gasteiger partial charge on any atom is -0.395 e. The number of aliphatic hydroxyl groups is 2. The lowest BCUT2D eigenvalue weighted by atomic mass is 10.0. The Morgan fingerprint density at radius 1 is 1.28 bits per heavy atom. The highest BCUT2D eigenvalue weighted by atomic mass is 32.2. The zero-order valence-corrected chi connectivity index (χ0v) is 11.3. The summed E-state index contributed by atoms with van der Waals surface area (Å²) in [7, 11) is -3.23. The third kappa shape index (κ3) is 3.78. The summed E-state index contributed by atoms with van der Waals surface area (Å²) >= 11 is 0. The van der Waals surface area contributed by atoms with Crippen LogP contribution in [0.5, 0.6) is 0 Å². The summed E-state index contributed by atoms with van der Waals surface area (Å²) < 4.78 is 22.6. The number of hydrogen-bond acceptors (Lipinski definition) is 5. The predicted octanol–water partition coefficient (Wildman–Crippen LogP) is 0.0939. The number of nitrogens with one attached hydrogen (secondary N) is 1. The second kappa shape index (κ2) is 6.29. The minimum atomic E-state index is -3.23. The first-order valence-corrected chi connectivity index (χ1v) is 7.61. The van der Waals surface area contributed by atoms with Crippen LogP contribution in [0.2, 0.25) is 0 Å². The summed E-state index contributed by atoms with van der Waals surface area (Å²) in [5, 5.41) is 22.1. The maximum Gasteiger partial charge on any atom is 0.175 e. The fraction of sp³-hybridized carbons (Fsp3) is 0.500. The second-order valence-electron chi connectivity index (χ2n) is 4.13. The number of aliphatic hydroxyl groups excluding tert-OH is 2. The molecule has 0 aromatic heterocycles. The fourth-order valence-corrected chi connectivity index (χ4v) is 2.31. The molecule has 1 aromatic carbocycles. The van der Waals surface area contributed by atoms with Crippen LogP contribution in [0.1, 0.15) is 18.6 Å². The fourth-order valence-electron chi connectivity index (χ4n) is 1.68. The molecule has 0 amide bonds. The van der Waals surface area contributed by atoms with Crippen LogP contribution in [-0.4, -0.2) is 44.1 Å². The highest BCUT2D eigenvalue weighted by Crippen LogP contribution is 2.19. The highest BCUT2D eigenvalue weighted by Gasteiger charge is 2.19. The van der Waals surface area contributed by atoms with Crippen molar-refractivity contribution in [2.75, 3.05) is 19.4 Å². The van der Waals surface area contributed by atoms with E-state index >= 15 is 0 Å². The summed E-state index contributed by atoms with van der Waals surface area (Å²) in [5.41, 5.74) is 0.572. The van der Waals surface area contributed by atoms with Crippen LogP contribution < -0.4 is 5.32 Å². The van der Waals surface area contributed by atoms with Crippen molar-refractivity contribution in [2.24, 2.45) is 0 Å². The largest absolute Gasteiger partial charge is 0.395 e. The summed E-state index contributed by atoms with van der Waals surface area (Å²) in [6, 6.07) is 5.56. The lowest BCUT2D eigenvalue weighted by Crippen LogP contribution is -2.37. The molecule has 102 valence electrons. The summed E-state index contributed by atoms with van der Waals surface area (Å²) in [6.07, 6.45) is 0.261. The van der Waals surface area contributed by atoms with Crippen LogP contribution in [0.4, 0.5) is 0 Å². The van der Waals surface area contributed by atoms with Crippen LogP contribution in [0, 0.1) is 0 Å². The molecule has 0 heterocycles. The van der Waals surface area contributed by atoms with E-state index in [1.165, 1.54) is 12.1 Å². The van der Waals surface area contributed by atoms with Crippen LogP contribution in [0.25, 0.3) is 0 Å². The van der Waals surface area contributed by atoms with Gasteiger partial charge in [0.1, 0.15) is 0 Å². The molecular weight excluding hydrogens is 254 g/mol. The molecular formula is C12H19NO4S. The van der Waals surface area contributed by atoms with Crippen molar-refractivity contribution in [3.05, 3.63) is 29.8 Å². The van der Waals surface area contributed by atoms with Gasteiger partial charge in [-0.05, 0) is 24.2 Å². The van der Waals surface area contributed by atoms with Gasteiger partial charge in [0, 0.05) is 6.26 Å². The van der Waals surface area contributed by atoms with Gasteiger partial charge >= 0.3 is 0 Å². The Kier molecular flexibility index (Phi) is 5.28. The van der Waals surface area contributed by atoms with E-state index in [0.717, 1.165) is 6.26 Å². The van der Waals surface area contributed by atoms with Crippen molar-refractivity contribution in [3.8, 4) is 0 Å². The molecule has 1 aromatic rings. The molecule has 0 fully saturated rings. The van der Waals surface area contributed by atoms with Crippen LogP contribution in [0.15, 0.2) is 29.2 Å². The van der Waals surface area contributed by atoms with E-state index in [4.69, 9.17) is 5.11 Å². The molecule has 18 heavy (non-hydrogen) atoms. The Balaban J connectivity index is 2.91. The van der Waals surface area contributed by atoms with E-state index in [1.54, 1.807) is 12.1 Å². The third-order valence-corrected chi connectivity index (χ3v) is 3.82. The average Bonchev–Trinajstić information content (AvgIpc) is 2.34. The van der Waals surface area contributed by atoms with E-state index in [9.17, 15) is 13.5 Å². The number of rotatable bonds is 6. The van der Waals surface area contributed by atoms with Crippen molar-refractivity contribution in [2.45, 2.75) is 24.0 Å². The van der Waals surface area contributed by atoms with E-state index < -0.39 is 22.0 Å². The molecule has 0 aliphatic rings. The molecule has 2 atom stereocenters. The standard InChI is InChI=1S/C12H19NO4S/c1-3-13-11(8-14)12(15)9-4-6-10(7-5-9)18(2,16)17/h4-7,11-15H,3,8H2,1-2H3/t11-,12-/m1/s1. The number of benzene rings is 1. The summed E-state index contributed by atoms with van der Waals surface area (Å²) in [4.78, 5) is 0.211. The zero-order valence-electron chi connectivity index (χ0n) is 10.5. The monoisotopic (exact) mass is 273 g/mol. The van der Waals surface area contributed by atoms with Crippen molar-refractivity contribution < 1.29 is 18.6 Å². The normalized spacial score (nSPS) is 15.3. The van der Waals surface area contributed by atoms with Crippen molar-refractivity contribution in [3.63, 3.8) is 0 Å².